The van der Waals surface area contributed by atoms with Crippen LogP contribution in [0, 0.1) is 0 Å². The van der Waals surface area contributed by atoms with Crippen LogP contribution >= 0.6 is 30.2 Å². The first-order valence-electron chi connectivity index (χ1n) is 35.9. The molecule has 0 bridgehead atoms. The van der Waals surface area contributed by atoms with Crippen LogP contribution in [0.15, 0.2) is 332 Å². The average Bonchev–Trinajstić information content (AvgIpc) is 1.65. The first-order chi connectivity index (χ1) is 50.2. The summed E-state index contributed by atoms with van der Waals surface area (Å²) in [5, 5.41) is 20.5. The largest absolute Gasteiger partial charge is 0.494 e. The Labute approximate surface area is 625 Å². The van der Waals surface area contributed by atoms with Crippen molar-refractivity contribution in [1.82, 2.24) is 0 Å². The van der Waals surface area contributed by atoms with Crippen LogP contribution in [0.1, 0.15) is 85.1 Å². The van der Waals surface area contributed by atoms with Crippen LogP contribution in [-0.4, -0.2) is 18.3 Å². The van der Waals surface area contributed by atoms with Crippen LogP contribution in [0.5, 0.6) is 0 Å². The highest BCUT2D eigenvalue weighted by Crippen LogP contribution is 2.54. The van der Waals surface area contributed by atoms with Crippen LogP contribution in [0.2, 0.25) is 0 Å². The second kappa shape index (κ2) is 26.5. The third-order valence-electron chi connectivity index (χ3n) is 22.9. The molecule has 3 aliphatic rings. The third kappa shape index (κ3) is 11.5. The smallest absolute Gasteiger partial charge is 0.399 e. The highest BCUT2D eigenvalue weighted by atomic mass is 79.9. The number of hydrogen-bond donors (Lipinski definition) is 0. The highest BCUT2D eigenvalue weighted by molar-refractivity contribution is 9.10. The number of fused-ring (bicyclic) bond motifs is 18. The molecule has 1 saturated heterocycles. The highest BCUT2D eigenvalue weighted by Gasteiger charge is 2.52. The van der Waals surface area contributed by atoms with Crippen LogP contribution in [0.3, 0.4) is 0 Å². The second-order valence-corrected chi connectivity index (χ2v) is 36.5. The second-order valence-electron chi connectivity index (χ2n) is 30.1. The first-order valence-corrected chi connectivity index (χ1v) is 40.2. The van der Waals surface area contributed by atoms with E-state index in [9.17, 15) is 9.13 Å². The lowest BCUT2D eigenvalue weighted by Crippen LogP contribution is -2.41. The molecule has 0 saturated carbocycles. The summed E-state index contributed by atoms with van der Waals surface area (Å²) in [6, 6.07) is 114. The maximum atomic E-state index is 14.9. The van der Waals surface area contributed by atoms with E-state index in [4.69, 9.17) is 9.31 Å². The summed E-state index contributed by atoms with van der Waals surface area (Å²) in [6.45, 7) is 17.8. The van der Waals surface area contributed by atoms with Gasteiger partial charge >= 0.3 is 7.12 Å². The minimum Gasteiger partial charge on any atom is -0.399 e. The van der Waals surface area contributed by atoms with Crippen molar-refractivity contribution in [2.45, 2.75) is 84.8 Å². The predicted octanol–water partition coefficient (Wildman–Crippen LogP) is 23.2. The number of rotatable bonds is 8. The normalized spacial score (nSPS) is 14.9. The van der Waals surface area contributed by atoms with Crippen molar-refractivity contribution in [3.8, 4) is 33.4 Å². The minimum absolute atomic E-state index is 0. The quantitative estimate of drug-likeness (QED) is 0.0864. The molecule has 0 N–H and O–H groups in total. The number of hydrogen-bond acceptors (Lipinski definition) is 4. The molecule has 1 fully saturated rings. The third-order valence-corrected chi connectivity index (χ3v) is 29.5. The lowest BCUT2D eigenvalue weighted by molar-refractivity contribution is 0.00578. The Hall–Kier alpha value is -10.00. The van der Waals surface area contributed by atoms with E-state index in [1.807, 2.05) is 146 Å². The van der Waals surface area contributed by atoms with Gasteiger partial charge in [-0.3, -0.25) is 0 Å². The lowest BCUT2D eigenvalue weighted by Gasteiger charge is -2.32. The van der Waals surface area contributed by atoms with Crippen molar-refractivity contribution in [1.29, 1.82) is 0 Å². The van der Waals surface area contributed by atoms with E-state index in [1.54, 1.807) is 0 Å². The van der Waals surface area contributed by atoms with Gasteiger partial charge in [-0.2, -0.15) is 0 Å². The van der Waals surface area contributed by atoms with Gasteiger partial charge in [-0.05, 0) is 208 Å². The van der Waals surface area contributed by atoms with E-state index in [1.165, 1.54) is 109 Å². The maximum absolute atomic E-state index is 14.9. The van der Waals surface area contributed by atoms with Crippen molar-refractivity contribution in [3.05, 3.63) is 354 Å². The average molecular weight is 1460 g/mol. The van der Waals surface area contributed by atoms with E-state index < -0.39 is 14.3 Å². The molecular weight excluding hydrogens is 1380 g/mol. The molecule has 0 spiro atoms. The Morgan fingerprint density at radius 3 is 0.962 bits per heavy atom. The monoisotopic (exact) mass is 1460 g/mol. The van der Waals surface area contributed by atoms with E-state index >= 15 is 0 Å². The lowest BCUT2D eigenvalue weighted by atomic mass is 9.77. The van der Waals surface area contributed by atoms with Crippen LogP contribution in [-0.2, 0) is 29.3 Å². The summed E-state index contributed by atoms with van der Waals surface area (Å²) in [4.78, 5) is 0. The molecule has 0 unspecified atom stereocenters. The fourth-order valence-corrected chi connectivity index (χ4v) is 22.1. The van der Waals surface area contributed by atoms with Gasteiger partial charge in [-0.15, -0.1) is 0 Å². The Morgan fingerprint density at radius 2 is 0.562 bits per heavy atom. The topological polar surface area (TPSA) is 52.6 Å². The van der Waals surface area contributed by atoms with Crippen molar-refractivity contribution < 1.29 is 18.4 Å². The van der Waals surface area contributed by atoms with Gasteiger partial charge < -0.3 is 18.4 Å². The molecule has 2 aliphatic carbocycles. The molecule has 1 heterocycles. The van der Waals surface area contributed by atoms with Gasteiger partial charge in [0, 0.05) is 47.1 Å². The summed E-state index contributed by atoms with van der Waals surface area (Å²) < 4.78 is 42.6. The Bertz CT molecular complexity index is 6070. The van der Waals surface area contributed by atoms with E-state index in [0.29, 0.717) is 0 Å². The van der Waals surface area contributed by atoms with Crippen molar-refractivity contribution in [3.63, 3.8) is 0 Å². The first kappa shape index (κ1) is 69.4. The van der Waals surface area contributed by atoms with Gasteiger partial charge in [0.25, 0.3) is 0 Å². The molecule has 16 aromatic carbocycles. The number of benzene rings is 16. The fraction of sp³-hybridized carbons (Fsp3) is 0.134. The zero-order valence-corrected chi connectivity index (χ0v) is 63.0. The van der Waals surface area contributed by atoms with Crippen LogP contribution in [0.4, 0.5) is 0 Å². The Morgan fingerprint density at radius 1 is 0.267 bits per heavy atom. The summed E-state index contributed by atoms with van der Waals surface area (Å²) in [7, 11) is -6.22. The SMILES string of the molecule is C.CC1(C)c2ccccc2-c2cc3c4ccccc4c4cc(-c5ccc(P(=O)(c6ccccc6)c6ccccc6)cc5)ccc4c3cc21.CC1(C)c2ccccc2-c2cc3c4ccccc4c4cc(B5OC(C)(C)C(C)(C)O5)ccc4c3cc21.O=P(c1ccccc1)(c1ccccc1)c1ccc(Br)cc1. The van der Waals surface area contributed by atoms with Gasteiger partial charge in [-0.1, -0.05) is 324 Å². The Balaban J connectivity index is 0.000000129. The maximum Gasteiger partial charge on any atom is 0.494 e. The summed E-state index contributed by atoms with van der Waals surface area (Å²) in [5.74, 6) is 0. The molecule has 0 atom stereocenters. The van der Waals surface area contributed by atoms with Crippen LogP contribution < -0.4 is 37.3 Å². The molecule has 514 valence electrons. The van der Waals surface area contributed by atoms with E-state index in [0.717, 1.165) is 52.9 Å². The molecule has 8 heteroatoms. The van der Waals surface area contributed by atoms with Gasteiger partial charge in [0.2, 0.25) is 0 Å². The van der Waals surface area contributed by atoms with E-state index in [2.05, 4.69) is 253 Å². The van der Waals surface area contributed by atoms with Crippen molar-refractivity contribution >= 4 is 139 Å². The van der Waals surface area contributed by atoms with E-state index in [-0.39, 0.29) is 36.6 Å². The summed E-state index contributed by atoms with van der Waals surface area (Å²) in [6.07, 6.45) is 0. The fourth-order valence-electron chi connectivity index (χ4n) is 16.6. The predicted molar refractivity (Wildman–Crippen MR) is 454 cm³/mol. The molecule has 0 radical (unpaired) electrons. The van der Waals surface area contributed by atoms with Gasteiger partial charge in [0.1, 0.15) is 0 Å². The van der Waals surface area contributed by atoms with Gasteiger partial charge in [-0.25, -0.2) is 0 Å². The molecule has 19 rings (SSSR count). The van der Waals surface area contributed by atoms with Crippen molar-refractivity contribution in [2.75, 3.05) is 0 Å². The molecule has 105 heavy (non-hydrogen) atoms. The molecule has 0 amide bonds. The van der Waals surface area contributed by atoms with Gasteiger partial charge in [0.05, 0.1) is 11.2 Å². The Kier molecular flexibility index (Phi) is 17.5. The molecule has 4 nitrogen and oxygen atoms in total. The molecule has 16 aromatic rings. The van der Waals surface area contributed by atoms with Crippen LogP contribution in [0.25, 0.3) is 98.0 Å². The summed E-state index contributed by atoms with van der Waals surface area (Å²) in [5.41, 5.74) is 13.5. The zero-order chi connectivity index (χ0) is 71.5. The number of halogens is 1. The van der Waals surface area contributed by atoms with Gasteiger partial charge in [0.15, 0.2) is 14.3 Å². The van der Waals surface area contributed by atoms with Crippen molar-refractivity contribution in [2.24, 2.45) is 0 Å². The molecule has 0 aromatic heterocycles. The minimum atomic E-state index is -3.03. The summed E-state index contributed by atoms with van der Waals surface area (Å²) >= 11 is 3.43. The standard InChI is InChI=1S/C45H33OP.C33H31BO2.C18H14BrOP.CH4/c1-45(2)43-20-12-11-19-38(43)42-28-40-36-18-10-9-17-35(36)39-27-31(23-26-37(39)41(40)29-44(42)45)30-21-24-34(25-22-30)47(46,32-13-5-3-6-14-32)33-15-7-4-8-16-33;1-31(2)29-14-10-9-13-24(29)28-18-26-22-12-8-7-11-21(22)25-17-20(15-16-23(25)27(26)19-30(28)31)34-35-32(3,4)33(5,6)36-34;19-15-11-13-18(14-12-15)21(20,16-7-3-1-4-8-16)17-9-5-2-6-10-17;/h3-29H,1-2H3;7-19H,1-6H3;1-14H;1H4. The molecular formula is C97H82BBrO4P2. The zero-order valence-electron chi connectivity index (χ0n) is 59.7. The molecule has 1 aliphatic heterocycles.